The number of piperidine rings is 1. The minimum Gasteiger partial charge on any atom is -0.444 e. The molecule has 0 spiro atoms. The summed E-state index contributed by atoms with van der Waals surface area (Å²) in [5.41, 5.74) is 2.27. The Morgan fingerprint density at radius 2 is 1.75 bits per heavy atom. The van der Waals surface area contributed by atoms with Crippen molar-refractivity contribution in [2.24, 2.45) is 5.10 Å². The number of carbonyl (C=O) groups excluding carboxylic acids is 2. The molecule has 2 heterocycles. The lowest BCUT2D eigenvalue weighted by Gasteiger charge is -2.33. The van der Waals surface area contributed by atoms with Crippen LogP contribution in [0.3, 0.4) is 0 Å². The van der Waals surface area contributed by atoms with Gasteiger partial charge < -0.3 is 15.0 Å². The molecule has 1 fully saturated rings. The fraction of sp³-hybridized carbons (Fsp3) is 0.571. The summed E-state index contributed by atoms with van der Waals surface area (Å²) in [4.78, 5) is 26.4. The third kappa shape index (κ3) is 5.24. The van der Waals surface area contributed by atoms with E-state index in [-0.39, 0.29) is 18.0 Å². The number of rotatable bonds is 3. The first kappa shape index (κ1) is 20.2. The number of nitrogens with one attached hydrogen (secondary N) is 1. The van der Waals surface area contributed by atoms with Crippen LogP contribution in [-0.2, 0) is 4.74 Å². The van der Waals surface area contributed by atoms with Crippen LogP contribution < -0.4 is 10.3 Å². The van der Waals surface area contributed by atoms with Crippen molar-refractivity contribution in [1.82, 2.24) is 10.2 Å². The van der Waals surface area contributed by atoms with E-state index in [1.807, 2.05) is 57.0 Å². The molecule has 0 aliphatic carbocycles. The molecular formula is C21H30N4O3. The summed E-state index contributed by atoms with van der Waals surface area (Å²) >= 11 is 0. The van der Waals surface area contributed by atoms with Crippen LogP contribution in [0.5, 0.6) is 0 Å². The number of nitrogens with zero attached hydrogens (tertiary/aromatic N) is 3. The SMILES string of the molecule is CC1=NN(c2ccc(C(=O)NC3CCN(C(=O)OC(C)(C)C)CC3)cc2)CC1. The Hall–Kier alpha value is -2.57. The van der Waals surface area contributed by atoms with Gasteiger partial charge in [0.1, 0.15) is 5.60 Å². The zero-order valence-electron chi connectivity index (χ0n) is 17.2. The maximum atomic E-state index is 12.5. The summed E-state index contributed by atoms with van der Waals surface area (Å²) < 4.78 is 5.41. The van der Waals surface area contributed by atoms with E-state index in [0.717, 1.165) is 37.2 Å². The normalized spacial score (nSPS) is 18.1. The molecule has 0 unspecified atom stereocenters. The van der Waals surface area contributed by atoms with Crippen LogP contribution in [0, 0.1) is 0 Å². The lowest BCUT2D eigenvalue weighted by Crippen LogP contribution is -2.47. The van der Waals surface area contributed by atoms with Gasteiger partial charge in [-0.3, -0.25) is 9.80 Å². The fourth-order valence-electron chi connectivity index (χ4n) is 3.35. The van der Waals surface area contributed by atoms with Crippen LogP contribution in [0.4, 0.5) is 10.5 Å². The maximum absolute atomic E-state index is 12.5. The van der Waals surface area contributed by atoms with Gasteiger partial charge in [-0.1, -0.05) is 0 Å². The second-order valence-corrected chi connectivity index (χ2v) is 8.47. The topological polar surface area (TPSA) is 74.2 Å². The Morgan fingerprint density at radius 3 is 2.29 bits per heavy atom. The Morgan fingerprint density at radius 1 is 1.11 bits per heavy atom. The molecule has 0 aromatic heterocycles. The summed E-state index contributed by atoms with van der Waals surface area (Å²) in [6, 6.07) is 7.61. The van der Waals surface area contributed by atoms with Crippen molar-refractivity contribution in [3.63, 3.8) is 0 Å². The molecule has 152 valence electrons. The van der Waals surface area contributed by atoms with Gasteiger partial charge in [0, 0.05) is 43.4 Å². The van der Waals surface area contributed by atoms with Crippen LogP contribution in [0.25, 0.3) is 0 Å². The minimum atomic E-state index is -0.493. The van der Waals surface area contributed by atoms with Crippen molar-refractivity contribution in [1.29, 1.82) is 0 Å². The van der Waals surface area contributed by atoms with Gasteiger partial charge in [0.2, 0.25) is 0 Å². The summed E-state index contributed by atoms with van der Waals surface area (Å²) in [6.07, 6.45) is 2.15. The predicted molar refractivity (Wildman–Crippen MR) is 110 cm³/mol. The van der Waals surface area contributed by atoms with Gasteiger partial charge in [-0.05, 0) is 64.8 Å². The molecular weight excluding hydrogens is 356 g/mol. The standard InChI is InChI=1S/C21H30N4O3/c1-15-9-14-25(23-15)18-7-5-16(6-8-18)19(26)22-17-10-12-24(13-11-17)20(27)28-21(2,3)4/h5-8,17H,9-14H2,1-4H3,(H,22,26). The first-order chi connectivity index (χ1) is 13.2. The number of benzene rings is 1. The number of carbonyl (C=O) groups is 2. The molecule has 2 aliphatic rings. The molecule has 1 aromatic rings. The molecule has 3 rings (SSSR count). The monoisotopic (exact) mass is 386 g/mol. The van der Waals surface area contributed by atoms with Crippen LogP contribution in [0.1, 0.15) is 57.3 Å². The van der Waals surface area contributed by atoms with Crippen molar-refractivity contribution in [2.45, 2.75) is 58.6 Å². The molecule has 0 bridgehead atoms. The number of anilines is 1. The Bertz CT molecular complexity index is 744. The van der Waals surface area contributed by atoms with Gasteiger partial charge in [0.15, 0.2) is 0 Å². The molecule has 1 aromatic carbocycles. The maximum Gasteiger partial charge on any atom is 0.410 e. The number of hydrazone groups is 1. The molecule has 7 nitrogen and oxygen atoms in total. The summed E-state index contributed by atoms with van der Waals surface area (Å²) in [5, 5.41) is 9.52. The first-order valence-electron chi connectivity index (χ1n) is 9.92. The average Bonchev–Trinajstić information content (AvgIpc) is 3.07. The van der Waals surface area contributed by atoms with Gasteiger partial charge >= 0.3 is 6.09 Å². The van der Waals surface area contributed by atoms with E-state index in [0.29, 0.717) is 18.7 Å². The Kier molecular flexibility index (Phi) is 5.91. The van der Waals surface area contributed by atoms with Crippen molar-refractivity contribution in [2.75, 3.05) is 24.6 Å². The fourth-order valence-corrected chi connectivity index (χ4v) is 3.35. The largest absolute Gasteiger partial charge is 0.444 e. The molecule has 7 heteroatoms. The quantitative estimate of drug-likeness (QED) is 0.864. The minimum absolute atomic E-state index is 0.0664. The van der Waals surface area contributed by atoms with Crippen molar-refractivity contribution >= 4 is 23.4 Å². The number of likely N-dealkylation sites (tertiary alicyclic amines) is 1. The van der Waals surface area contributed by atoms with E-state index in [1.165, 1.54) is 0 Å². The zero-order chi connectivity index (χ0) is 20.3. The molecule has 28 heavy (non-hydrogen) atoms. The van der Waals surface area contributed by atoms with E-state index in [4.69, 9.17) is 4.74 Å². The molecule has 2 amide bonds. The van der Waals surface area contributed by atoms with Gasteiger partial charge in [-0.25, -0.2) is 4.79 Å². The number of amides is 2. The lowest BCUT2D eigenvalue weighted by atomic mass is 10.0. The number of ether oxygens (including phenoxy) is 1. The van der Waals surface area contributed by atoms with Gasteiger partial charge in [0.05, 0.1) is 5.69 Å². The predicted octanol–water partition coefficient (Wildman–Crippen LogP) is 3.40. The molecule has 0 atom stereocenters. The van der Waals surface area contributed by atoms with Crippen LogP contribution >= 0.6 is 0 Å². The van der Waals surface area contributed by atoms with Crippen LogP contribution in [0.2, 0.25) is 0 Å². The molecule has 1 saturated heterocycles. The first-order valence-corrected chi connectivity index (χ1v) is 9.92. The Labute approximate surface area is 166 Å². The zero-order valence-corrected chi connectivity index (χ0v) is 17.2. The highest BCUT2D eigenvalue weighted by atomic mass is 16.6. The van der Waals surface area contributed by atoms with Gasteiger partial charge in [-0.15, -0.1) is 0 Å². The van der Waals surface area contributed by atoms with Crippen molar-refractivity contribution in [3.8, 4) is 0 Å². The molecule has 1 N–H and O–H groups in total. The van der Waals surface area contributed by atoms with E-state index in [2.05, 4.69) is 10.4 Å². The highest BCUT2D eigenvalue weighted by molar-refractivity contribution is 5.95. The third-order valence-corrected chi connectivity index (χ3v) is 4.89. The third-order valence-electron chi connectivity index (χ3n) is 4.89. The summed E-state index contributed by atoms with van der Waals surface area (Å²) in [7, 11) is 0. The number of hydrogen-bond acceptors (Lipinski definition) is 5. The second kappa shape index (κ2) is 8.20. The van der Waals surface area contributed by atoms with E-state index in [1.54, 1.807) is 4.90 Å². The van der Waals surface area contributed by atoms with Crippen molar-refractivity contribution in [3.05, 3.63) is 29.8 Å². The molecule has 0 radical (unpaired) electrons. The van der Waals surface area contributed by atoms with Crippen LogP contribution in [0.15, 0.2) is 29.4 Å². The highest BCUT2D eigenvalue weighted by Crippen LogP contribution is 2.20. The highest BCUT2D eigenvalue weighted by Gasteiger charge is 2.27. The Balaban J connectivity index is 1.49. The van der Waals surface area contributed by atoms with Crippen LogP contribution in [-0.4, -0.2) is 53.9 Å². The number of hydrogen-bond donors (Lipinski definition) is 1. The average molecular weight is 386 g/mol. The van der Waals surface area contributed by atoms with Gasteiger partial charge in [-0.2, -0.15) is 5.10 Å². The van der Waals surface area contributed by atoms with Gasteiger partial charge in [0.25, 0.3) is 5.91 Å². The summed E-state index contributed by atoms with van der Waals surface area (Å²) in [5.74, 6) is -0.0802. The second-order valence-electron chi connectivity index (χ2n) is 8.47. The van der Waals surface area contributed by atoms with Crippen molar-refractivity contribution < 1.29 is 14.3 Å². The van der Waals surface area contributed by atoms with E-state index in [9.17, 15) is 9.59 Å². The smallest absolute Gasteiger partial charge is 0.410 e. The van der Waals surface area contributed by atoms with E-state index >= 15 is 0 Å². The lowest BCUT2D eigenvalue weighted by molar-refractivity contribution is 0.0199. The molecule has 2 aliphatic heterocycles. The summed E-state index contributed by atoms with van der Waals surface area (Å²) in [6.45, 7) is 9.67. The molecule has 0 saturated carbocycles. The van der Waals surface area contributed by atoms with E-state index < -0.39 is 5.60 Å².